The van der Waals surface area contributed by atoms with E-state index in [0.29, 0.717) is 6.61 Å². The molecule has 0 aliphatic carbocycles. The zero-order valence-electron chi connectivity index (χ0n) is 9.44. The van der Waals surface area contributed by atoms with E-state index in [1.54, 1.807) is 6.92 Å². The fourth-order valence-electron chi connectivity index (χ4n) is 0.999. The molecule has 0 aliphatic rings. The summed E-state index contributed by atoms with van der Waals surface area (Å²) in [6.45, 7) is -0.815. The molecule has 0 fully saturated rings. The van der Waals surface area contributed by atoms with Crippen LogP contribution in [0.3, 0.4) is 0 Å². The molecule has 1 aromatic rings. The van der Waals surface area contributed by atoms with E-state index >= 15 is 0 Å². The highest BCUT2D eigenvalue weighted by Gasteiger charge is 2.14. The van der Waals surface area contributed by atoms with E-state index in [1.165, 1.54) is 0 Å². The molecular weight excluding hydrogens is 263 g/mol. The van der Waals surface area contributed by atoms with Gasteiger partial charge in [0.2, 0.25) is 0 Å². The second-order valence-electron chi connectivity index (χ2n) is 2.94. The first-order valence-electron chi connectivity index (χ1n) is 5.10. The lowest BCUT2D eigenvalue weighted by atomic mass is 10.3. The molecule has 0 heterocycles. The maximum atomic E-state index is 9.35. The molecule has 0 saturated carbocycles. The minimum absolute atomic E-state index is 0.154. The Bertz CT molecular complexity index is 359. The van der Waals surface area contributed by atoms with Gasteiger partial charge in [-0.2, -0.15) is 0 Å². The highest BCUT2D eigenvalue weighted by molar-refractivity contribution is 8.07. The Hall–Kier alpha value is -0.490. The van der Waals surface area contributed by atoms with Gasteiger partial charge in [0.25, 0.3) is 0 Å². The first-order valence-corrected chi connectivity index (χ1v) is 7.69. The molecule has 1 atom stereocenters. The van der Waals surface area contributed by atoms with E-state index in [4.69, 9.17) is 14.1 Å². The highest BCUT2D eigenvalue weighted by Crippen LogP contribution is 2.43. The zero-order chi connectivity index (χ0) is 12.6. The molecule has 0 bridgehead atoms. The fraction of sp³-hybridized carbons (Fsp3) is 0.400. The van der Waals surface area contributed by atoms with Crippen molar-refractivity contribution in [3.8, 4) is 5.75 Å². The van der Waals surface area contributed by atoms with Crippen LogP contribution in [0.4, 0.5) is 0 Å². The standard InChI is InChI=1S/C10H15O5PS/c1-2-14-16(11,17)15-13-9-8-12-10-6-4-3-5-7-10/h3-7H,2,8-9H2,1H3,(H,11,17). The lowest BCUT2D eigenvalue weighted by molar-refractivity contribution is -0.219. The van der Waals surface area contributed by atoms with E-state index in [0.717, 1.165) is 5.75 Å². The Morgan fingerprint density at radius 1 is 1.24 bits per heavy atom. The average molecular weight is 278 g/mol. The number of benzene rings is 1. The van der Waals surface area contributed by atoms with Gasteiger partial charge in [-0.1, -0.05) is 18.2 Å². The second-order valence-corrected chi connectivity index (χ2v) is 5.67. The van der Waals surface area contributed by atoms with Crippen molar-refractivity contribution in [3.63, 3.8) is 0 Å². The predicted octanol–water partition coefficient (Wildman–Crippen LogP) is 2.27. The van der Waals surface area contributed by atoms with Crippen molar-refractivity contribution in [2.24, 2.45) is 0 Å². The minimum atomic E-state index is -3.25. The summed E-state index contributed by atoms with van der Waals surface area (Å²) in [6.07, 6.45) is 0. The van der Waals surface area contributed by atoms with E-state index in [9.17, 15) is 4.89 Å². The molecule has 1 N–H and O–H groups in total. The van der Waals surface area contributed by atoms with Crippen molar-refractivity contribution in [1.82, 2.24) is 0 Å². The third-order valence-electron chi connectivity index (χ3n) is 1.62. The third-order valence-corrected chi connectivity index (χ3v) is 2.99. The van der Waals surface area contributed by atoms with Gasteiger partial charge in [0.05, 0.1) is 6.61 Å². The topological polar surface area (TPSA) is 57.2 Å². The number of ether oxygens (including phenoxy) is 1. The lowest BCUT2D eigenvalue weighted by Gasteiger charge is -2.13. The molecule has 0 aromatic heterocycles. The Balaban J connectivity index is 2.11. The van der Waals surface area contributed by atoms with Crippen LogP contribution in [0.5, 0.6) is 5.75 Å². The summed E-state index contributed by atoms with van der Waals surface area (Å²) in [7, 11) is 0. The van der Waals surface area contributed by atoms with Crippen LogP contribution >= 0.6 is 6.72 Å². The summed E-state index contributed by atoms with van der Waals surface area (Å²) in [5.41, 5.74) is 0. The molecule has 5 nitrogen and oxygen atoms in total. The van der Waals surface area contributed by atoms with Crippen molar-refractivity contribution in [1.29, 1.82) is 0 Å². The van der Waals surface area contributed by atoms with E-state index in [1.807, 2.05) is 30.3 Å². The Kier molecular flexibility index (Phi) is 6.65. The largest absolute Gasteiger partial charge is 0.491 e. The van der Waals surface area contributed by atoms with E-state index < -0.39 is 6.72 Å². The van der Waals surface area contributed by atoms with Crippen LogP contribution in [-0.4, -0.2) is 24.7 Å². The van der Waals surface area contributed by atoms with Crippen molar-refractivity contribution in [2.75, 3.05) is 19.8 Å². The maximum absolute atomic E-state index is 9.35. The molecule has 1 unspecified atom stereocenters. The Labute approximate surface area is 105 Å². The first kappa shape index (κ1) is 14.6. The molecule has 0 saturated heterocycles. The van der Waals surface area contributed by atoms with Gasteiger partial charge in [-0.25, -0.2) is 4.89 Å². The summed E-state index contributed by atoms with van der Waals surface area (Å²) in [4.78, 5) is 14.1. The van der Waals surface area contributed by atoms with Gasteiger partial charge < -0.3 is 14.2 Å². The van der Waals surface area contributed by atoms with Gasteiger partial charge >= 0.3 is 6.72 Å². The second kappa shape index (κ2) is 7.76. The number of para-hydroxylation sites is 1. The van der Waals surface area contributed by atoms with Crippen LogP contribution in [0, 0.1) is 0 Å². The van der Waals surface area contributed by atoms with Crippen molar-refractivity contribution < 1.29 is 23.7 Å². The van der Waals surface area contributed by atoms with Gasteiger partial charge in [-0.05, 0) is 30.9 Å². The zero-order valence-corrected chi connectivity index (χ0v) is 11.2. The van der Waals surface area contributed by atoms with Crippen LogP contribution in [0.2, 0.25) is 0 Å². The highest BCUT2D eigenvalue weighted by atomic mass is 32.5. The van der Waals surface area contributed by atoms with Crippen molar-refractivity contribution in [3.05, 3.63) is 30.3 Å². The average Bonchev–Trinajstić information content (AvgIpc) is 2.30. The predicted molar refractivity (Wildman–Crippen MR) is 67.1 cm³/mol. The van der Waals surface area contributed by atoms with Crippen LogP contribution in [0.15, 0.2) is 30.3 Å². The summed E-state index contributed by atoms with van der Waals surface area (Å²) < 4.78 is 14.7. The minimum Gasteiger partial charge on any atom is -0.491 e. The summed E-state index contributed by atoms with van der Waals surface area (Å²) >= 11 is 4.64. The molecule has 7 heteroatoms. The number of hydrogen-bond acceptors (Lipinski definition) is 5. The third kappa shape index (κ3) is 6.73. The lowest BCUT2D eigenvalue weighted by Crippen LogP contribution is -2.07. The van der Waals surface area contributed by atoms with Gasteiger partial charge in [0.1, 0.15) is 19.0 Å². The molecule has 17 heavy (non-hydrogen) atoms. The smallest absolute Gasteiger partial charge is 0.353 e. The first-order chi connectivity index (χ1) is 8.14. The normalized spacial score (nSPS) is 14.2. The van der Waals surface area contributed by atoms with Crippen LogP contribution in [0.1, 0.15) is 6.92 Å². The molecule has 96 valence electrons. The number of rotatable bonds is 8. The molecule has 1 rings (SSSR count). The number of hydrogen-bond donors (Lipinski definition) is 1. The Morgan fingerprint density at radius 3 is 2.59 bits per heavy atom. The van der Waals surface area contributed by atoms with Gasteiger partial charge in [0.15, 0.2) is 0 Å². The van der Waals surface area contributed by atoms with Crippen LogP contribution in [0.25, 0.3) is 0 Å². The van der Waals surface area contributed by atoms with Gasteiger partial charge in [-0.15, -0.1) is 4.67 Å². The molecular formula is C10H15O5PS. The van der Waals surface area contributed by atoms with Crippen molar-refractivity contribution >= 4 is 18.5 Å². The fourth-order valence-corrected chi connectivity index (χ4v) is 2.02. The van der Waals surface area contributed by atoms with Crippen LogP contribution in [-0.2, 0) is 25.9 Å². The van der Waals surface area contributed by atoms with Crippen molar-refractivity contribution in [2.45, 2.75) is 6.92 Å². The summed E-state index contributed by atoms with van der Waals surface area (Å²) in [5.74, 6) is 0.740. The summed E-state index contributed by atoms with van der Waals surface area (Å²) in [5, 5.41) is 0. The molecule has 0 spiro atoms. The summed E-state index contributed by atoms with van der Waals surface area (Å²) in [6, 6.07) is 9.30. The van der Waals surface area contributed by atoms with E-state index in [-0.39, 0.29) is 13.2 Å². The van der Waals surface area contributed by atoms with Gasteiger partial charge in [0, 0.05) is 0 Å². The molecule has 0 amide bonds. The Morgan fingerprint density at radius 2 is 1.94 bits per heavy atom. The monoisotopic (exact) mass is 278 g/mol. The maximum Gasteiger partial charge on any atom is 0.353 e. The van der Waals surface area contributed by atoms with E-state index in [2.05, 4.69) is 16.5 Å². The molecule has 0 aliphatic heterocycles. The quantitative estimate of drug-likeness (QED) is 0.341. The van der Waals surface area contributed by atoms with Crippen LogP contribution < -0.4 is 4.74 Å². The molecule has 1 aromatic carbocycles. The SMILES string of the molecule is CCOP(O)(=S)OOCCOc1ccccc1. The van der Waals surface area contributed by atoms with Gasteiger partial charge in [-0.3, -0.25) is 0 Å². The molecule has 0 radical (unpaired) electrons.